The molecule has 0 spiro atoms. The van der Waals surface area contributed by atoms with E-state index in [0.29, 0.717) is 31.0 Å². The van der Waals surface area contributed by atoms with E-state index in [1.54, 1.807) is 0 Å². The van der Waals surface area contributed by atoms with Gasteiger partial charge in [-0.15, -0.1) is 0 Å². The Kier molecular flexibility index (Phi) is 6.90. The third-order valence-corrected chi connectivity index (χ3v) is 6.23. The molecule has 168 valence electrons. The number of likely N-dealkylation sites (tertiary alicyclic amines) is 1. The number of nitrogens with zero attached hydrogens (tertiary/aromatic N) is 3. The number of aromatic nitrogens is 2. The molecule has 1 aliphatic rings. The van der Waals surface area contributed by atoms with E-state index in [2.05, 4.69) is 82.9 Å². The normalized spacial score (nSPS) is 15.2. The lowest BCUT2D eigenvalue weighted by Gasteiger charge is -2.30. The van der Waals surface area contributed by atoms with Gasteiger partial charge < -0.3 is 9.26 Å². The van der Waals surface area contributed by atoms with Crippen LogP contribution in [0.1, 0.15) is 47.2 Å². The summed E-state index contributed by atoms with van der Waals surface area (Å²) < 4.78 is 11.8. The maximum atomic E-state index is 6.12. The van der Waals surface area contributed by atoms with Gasteiger partial charge in [-0.05, 0) is 29.5 Å². The average molecular weight is 440 g/mol. The van der Waals surface area contributed by atoms with Gasteiger partial charge in [0.25, 0.3) is 0 Å². The van der Waals surface area contributed by atoms with Crippen LogP contribution in [0.25, 0.3) is 0 Å². The summed E-state index contributed by atoms with van der Waals surface area (Å²) in [6, 6.07) is 31.1. The van der Waals surface area contributed by atoms with E-state index in [1.807, 2.05) is 18.2 Å². The van der Waals surface area contributed by atoms with Gasteiger partial charge in [-0.3, -0.25) is 4.90 Å². The lowest BCUT2D eigenvalue weighted by molar-refractivity contribution is -0.00555. The molecular weight excluding hydrogens is 410 g/mol. The summed E-state index contributed by atoms with van der Waals surface area (Å²) in [5.74, 6) is 1.34. The second kappa shape index (κ2) is 10.6. The zero-order chi connectivity index (χ0) is 22.3. The lowest BCUT2D eigenvalue weighted by Crippen LogP contribution is -2.36. The van der Waals surface area contributed by atoms with E-state index >= 15 is 0 Å². The van der Waals surface area contributed by atoms with Crippen LogP contribution in [-0.4, -0.2) is 34.2 Å². The highest BCUT2D eigenvalue weighted by atomic mass is 16.5. The Morgan fingerprint density at radius 2 is 1.39 bits per heavy atom. The number of hydrogen-bond donors (Lipinski definition) is 0. The van der Waals surface area contributed by atoms with Crippen molar-refractivity contribution in [3.05, 3.63) is 119 Å². The van der Waals surface area contributed by atoms with Crippen molar-refractivity contribution in [1.29, 1.82) is 0 Å². The van der Waals surface area contributed by atoms with E-state index in [0.717, 1.165) is 37.1 Å². The summed E-state index contributed by atoms with van der Waals surface area (Å²) in [5.41, 5.74) is 3.55. The first kappa shape index (κ1) is 21.6. The predicted molar refractivity (Wildman–Crippen MR) is 128 cm³/mol. The number of ether oxygens (including phenoxy) is 1. The van der Waals surface area contributed by atoms with Crippen LogP contribution in [0.15, 0.2) is 95.5 Å². The second-order valence-corrected chi connectivity index (χ2v) is 8.57. The van der Waals surface area contributed by atoms with E-state index in [1.165, 1.54) is 5.56 Å². The fourth-order valence-electron chi connectivity index (χ4n) is 4.44. The van der Waals surface area contributed by atoms with Gasteiger partial charge in [0.05, 0.1) is 25.2 Å². The third-order valence-electron chi connectivity index (χ3n) is 6.23. The Morgan fingerprint density at radius 3 is 2.00 bits per heavy atom. The molecule has 0 saturated carbocycles. The highest BCUT2D eigenvalue weighted by Gasteiger charge is 2.25. The minimum absolute atomic E-state index is 0.0398. The molecule has 5 nitrogen and oxygen atoms in total. The fourth-order valence-corrected chi connectivity index (χ4v) is 4.44. The van der Waals surface area contributed by atoms with E-state index in [4.69, 9.17) is 14.2 Å². The summed E-state index contributed by atoms with van der Waals surface area (Å²) in [6.45, 7) is 3.30. The van der Waals surface area contributed by atoms with E-state index in [-0.39, 0.29) is 5.92 Å². The molecule has 0 aliphatic carbocycles. The molecule has 0 atom stereocenters. The van der Waals surface area contributed by atoms with Crippen molar-refractivity contribution < 1.29 is 9.26 Å². The third kappa shape index (κ3) is 5.56. The molecule has 5 heteroatoms. The van der Waals surface area contributed by atoms with Gasteiger partial charge in [0.1, 0.15) is 0 Å². The molecule has 0 bridgehead atoms. The highest BCUT2D eigenvalue weighted by molar-refractivity contribution is 5.37. The van der Waals surface area contributed by atoms with E-state index in [9.17, 15) is 0 Å². The first-order valence-electron chi connectivity index (χ1n) is 11.7. The van der Waals surface area contributed by atoms with Crippen LogP contribution in [0, 0.1) is 0 Å². The summed E-state index contributed by atoms with van der Waals surface area (Å²) in [5, 5.41) is 4.38. The van der Waals surface area contributed by atoms with Crippen molar-refractivity contribution in [2.75, 3.05) is 13.1 Å². The highest BCUT2D eigenvalue weighted by Crippen LogP contribution is 2.30. The molecule has 1 aliphatic heterocycles. The van der Waals surface area contributed by atoms with E-state index < -0.39 is 0 Å². The van der Waals surface area contributed by atoms with Gasteiger partial charge in [-0.1, -0.05) is 96.2 Å². The Labute approximate surface area is 195 Å². The maximum Gasteiger partial charge on any atom is 0.240 e. The smallest absolute Gasteiger partial charge is 0.240 e. The zero-order valence-corrected chi connectivity index (χ0v) is 18.7. The van der Waals surface area contributed by atoms with Crippen LogP contribution in [0.2, 0.25) is 0 Å². The minimum Gasteiger partial charge on any atom is -0.373 e. The zero-order valence-electron chi connectivity index (χ0n) is 18.7. The van der Waals surface area contributed by atoms with Gasteiger partial charge in [-0.25, -0.2) is 0 Å². The van der Waals surface area contributed by atoms with Gasteiger partial charge in [0.2, 0.25) is 5.89 Å². The molecule has 1 saturated heterocycles. The van der Waals surface area contributed by atoms with Crippen molar-refractivity contribution in [3.8, 4) is 0 Å². The van der Waals surface area contributed by atoms with Crippen molar-refractivity contribution in [2.24, 2.45) is 0 Å². The Hall–Kier alpha value is -3.28. The minimum atomic E-state index is -0.0398. The van der Waals surface area contributed by atoms with Gasteiger partial charge in [0, 0.05) is 13.1 Å². The molecule has 0 N–H and O–H groups in total. The summed E-state index contributed by atoms with van der Waals surface area (Å²) >= 11 is 0. The first-order valence-corrected chi connectivity index (χ1v) is 11.7. The van der Waals surface area contributed by atoms with Crippen molar-refractivity contribution >= 4 is 0 Å². The lowest BCUT2D eigenvalue weighted by atomic mass is 9.91. The van der Waals surface area contributed by atoms with Gasteiger partial charge in [0.15, 0.2) is 5.82 Å². The molecule has 0 amide bonds. The SMILES string of the molecule is c1ccc(COC2CCN(Cc3nc(C(c4ccccc4)c4ccccc4)no3)CC2)cc1. The molecule has 1 fully saturated rings. The molecule has 0 radical (unpaired) electrons. The average Bonchev–Trinajstić information content (AvgIpc) is 3.33. The maximum absolute atomic E-state index is 6.12. The van der Waals surface area contributed by atoms with Gasteiger partial charge in [-0.2, -0.15) is 4.98 Å². The quantitative estimate of drug-likeness (QED) is 0.366. The van der Waals surface area contributed by atoms with Crippen LogP contribution < -0.4 is 0 Å². The Morgan fingerprint density at radius 1 is 0.818 bits per heavy atom. The summed E-state index contributed by atoms with van der Waals surface area (Å²) in [6.07, 6.45) is 2.34. The van der Waals surface area contributed by atoms with Crippen LogP contribution in [0.3, 0.4) is 0 Å². The standard InChI is InChI=1S/C28H29N3O2/c1-4-10-22(11-5-1)21-32-25-16-18-31(19-17-25)20-26-29-28(30-33-26)27(23-12-6-2-7-13-23)24-14-8-3-9-15-24/h1-15,25,27H,16-21H2. The van der Waals surface area contributed by atoms with Crippen molar-refractivity contribution in [3.63, 3.8) is 0 Å². The van der Waals surface area contributed by atoms with Crippen LogP contribution in [0.5, 0.6) is 0 Å². The monoisotopic (exact) mass is 439 g/mol. The molecule has 2 heterocycles. The number of hydrogen-bond acceptors (Lipinski definition) is 5. The van der Waals surface area contributed by atoms with Gasteiger partial charge >= 0.3 is 0 Å². The fraction of sp³-hybridized carbons (Fsp3) is 0.286. The van der Waals surface area contributed by atoms with Crippen molar-refractivity contribution in [1.82, 2.24) is 15.0 Å². The number of piperidine rings is 1. The molecule has 3 aromatic carbocycles. The Bertz CT molecular complexity index is 1070. The largest absolute Gasteiger partial charge is 0.373 e. The Balaban J connectivity index is 1.20. The predicted octanol–water partition coefficient (Wildman–Crippen LogP) is 5.43. The molecular formula is C28H29N3O2. The number of benzene rings is 3. The van der Waals surface area contributed by atoms with Crippen LogP contribution in [0.4, 0.5) is 0 Å². The van der Waals surface area contributed by atoms with Crippen molar-refractivity contribution in [2.45, 2.75) is 38.0 Å². The summed E-state index contributed by atoms with van der Waals surface area (Å²) in [7, 11) is 0. The molecule has 33 heavy (non-hydrogen) atoms. The summed E-state index contributed by atoms with van der Waals surface area (Å²) in [4.78, 5) is 7.18. The first-order chi connectivity index (χ1) is 16.3. The van der Waals surface area contributed by atoms with Crippen LogP contribution >= 0.6 is 0 Å². The second-order valence-electron chi connectivity index (χ2n) is 8.57. The number of rotatable bonds is 8. The molecule has 4 aromatic rings. The molecule has 1 aromatic heterocycles. The topological polar surface area (TPSA) is 51.4 Å². The molecule has 0 unspecified atom stereocenters. The molecule has 5 rings (SSSR count). The van der Waals surface area contributed by atoms with Crippen LogP contribution in [-0.2, 0) is 17.9 Å².